The summed E-state index contributed by atoms with van der Waals surface area (Å²) in [6, 6.07) is 28.7. The number of benzene rings is 5. The molecule has 4 heteroatoms. The minimum Gasteiger partial charge on any atom is -0.311 e. The highest BCUT2D eigenvalue weighted by molar-refractivity contribution is 7.26. The van der Waals surface area contributed by atoms with Crippen molar-refractivity contribution in [3.05, 3.63) is 122 Å². The van der Waals surface area contributed by atoms with E-state index < -0.39 is 0 Å². The van der Waals surface area contributed by atoms with Gasteiger partial charge in [-0.1, -0.05) is 135 Å². The van der Waals surface area contributed by atoms with Gasteiger partial charge in [0, 0.05) is 27.4 Å². The maximum Gasteiger partial charge on any atom is 0.254 e. The van der Waals surface area contributed by atoms with Crippen molar-refractivity contribution in [2.75, 3.05) is 9.80 Å². The molecule has 12 rings (SSSR count). The Hall–Kier alpha value is -4.28. The van der Waals surface area contributed by atoms with Crippen LogP contribution in [0.25, 0.3) is 10.1 Å². The van der Waals surface area contributed by atoms with Crippen LogP contribution in [0, 0.1) is 13.8 Å². The molecule has 4 aliphatic carbocycles. The number of rotatable bonds is 2. The van der Waals surface area contributed by atoms with Crippen LogP contribution in [0.5, 0.6) is 0 Å². The highest BCUT2D eigenvalue weighted by Crippen LogP contribution is 2.58. The van der Waals surface area contributed by atoms with E-state index in [-0.39, 0.29) is 50.0 Å². The summed E-state index contributed by atoms with van der Waals surface area (Å²) in [7, 11) is 0. The van der Waals surface area contributed by atoms with Gasteiger partial charge in [-0.25, -0.2) is 0 Å². The van der Waals surface area contributed by atoms with Gasteiger partial charge < -0.3 is 9.80 Å². The molecule has 0 N–H and O–H groups in total. The summed E-state index contributed by atoms with van der Waals surface area (Å²) in [5.41, 5.74) is 27.0. The standard InChI is InChI=1S/C66H81BN2S/c1-38-31-51-56-52(32-38)69(50-36-47-44(33-39(50)2)61(7,8)25-27-64(47,13)14)58-55(41-35-46-48(37-53(41)70-58)65(15,16)28-26-63(46,11)12)67(56)49-22-21-43-54(66(17,18)30-29-60(43,5)6)57(49)68(51)40-19-20-42-45(34-40)62(9,10)24-23-59(42,3)4/h19-22,31-37H,23-30H2,1-18H3. The van der Waals surface area contributed by atoms with Crippen molar-refractivity contribution in [1.29, 1.82) is 0 Å². The number of anilines is 6. The third-order valence-corrected chi connectivity index (χ3v) is 21.4. The lowest BCUT2D eigenvalue weighted by Gasteiger charge is -2.50. The smallest absolute Gasteiger partial charge is 0.254 e. The molecule has 3 heterocycles. The summed E-state index contributed by atoms with van der Waals surface area (Å²) in [6.45, 7) is 44.9. The molecule has 0 bridgehead atoms. The Kier molecular flexibility index (Phi) is 9.53. The van der Waals surface area contributed by atoms with Crippen LogP contribution in [0.4, 0.5) is 33.4 Å². The second-order valence-corrected chi connectivity index (χ2v) is 30.0. The summed E-state index contributed by atoms with van der Waals surface area (Å²) >= 11 is 2.07. The van der Waals surface area contributed by atoms with Crippen LogP contribution >= 0.6 is 11.3 Å². The fourth-order valence-electron chi connectivity index (χ4n) is 15.1. The van der Waals surface area contributed by atoms with Crippen LogP contribution in [0.2, 0.25) is 0 Å². The van der Waals surface area contributed by atoms with Gasteiger partial charge in [-0.3, -0.25) is 0 Å². The molecular formula is C66H81BN2S. The minimum absolute atomic E-state index is 0.0101. The number of hydrogen-bond acceptors (Lipinski definition) is 3. The molecule has 2 nitrogen and oxygen atoms in total. The average Bonchev–Trinajstić information content (AvgIpc) is 3.65. The predicted octanol–water partition coefficient (Wildman–Crippen LogP) is 17.0. The van der Waals surface area contributed by atoms with Gasteiger partial charge in [0.05, 0.1) is 10.7 Å². The van der Waals surface area contributed by atoms with Crippen molar-refractivity contribution in [3.8, 4) is 0 Å². The molecule has 6 aromatic rings. The molecule has 0 fully saturated rings. The van der Waals surface area contributed by atoms with Crippen LogP contribution in [-0.2, 0) is 43.3 Å². The third kappa shape index (κ3) is 6.41. The highest BCUT2D eigenvalue weighted by atomic mass is 32.1. The van der Waals surface area contributed by atoms with E-state index in [0.717, 1.165) is 0 Å². The minimum atomic E-state index is -0.0101. The lowest BCUT2D eigenvalue weighted by atomic mass is 9.33. The van der Waals surface area contributed by atoms with Crippen molar-refractivity contribution in [1.82, 2.24) is 0 Å². The lowest BCUT2D eigenvalue weighted by Crippen LogP contribution is -2.62. The molecule has 0 radical (unpaired) electrons. The Bertz CT molecular complexity index is 3270. The van der Waals surface area contributed by atoms with E-state index in [1.54, 1.807) is 16.7 Å². The second kappa shape index (κ2) is 14.3. The molecule has 2 aliphatic heterocycles. The molecule has 0 spiro atoms. The zero-order chi connectivity index (χ0) is 50.0. The first-order chi connectivity index (χ1) is 32.5. The van der Waals surface area contributed by atoms with Crippen LogP contribution in [-0.4, -0.2) is 6.71 Å². The van der Waals surface area contributed by atoms with Gasteiger partial charge in [-0.05, 0) is 228 Å². The summed E-state index contributed by atoms with van der Waals surface area (Å²) in [5.74, 6) is 0. The Balaban J connectivity index is 1.24. The first kappa shape index (κ1) is 46.8. The van der Waals surface area contributed by atoms with Gasteiger partial charge in [-0.15, -0.1) is 11.3 Å². The number of fused-ring (bicyclic) bond motifs is 11. The van der Waals surface area contributed by atoms with E-state index in [2.05, 4.69) is 212 Å². The summed E-state index contributed by atoms with van der Waals surface area (Å²) in [6.07, 6.45) is 9.59. The topological polar surface area (TPSA) is 6.48 Å². The Morgan fingerprint density at radius 1 is 0.414 bits per heavy atom. The normalized spacial score (nSPS) is 22.8. The third-order valence-electron chi connectivity index (χ3n) is 20.3. The molecule has 0 atom stereocenters. The van der Waals surface area contributed by atoms with E-state index in [4.69, 9.17) is 0 Å². The quantitative estimate of drug-likeness (QED) is 0.159. The van der Waals surface area contributed by atoms with Crippen molar-refractivity contribution in [3.63, 3.8) is 0 Å². The van der Waals surface area contributed by atoms with Gasteiger partial charge in [0.15, 0.2) is 0 Å². The van der Waals surface area contributed by atoms with Crippen molar-refractivity contribution in [2.24, 2.45) is 0 Å². The van der Waals surface area contributed by atoms with Crippen LogP contribution in [0.15, 0.2) is 66.7 Å². The molecule has 5 aromatic carbocycles. The molecule has 0 unspecified atom stereocenters. The van der Waals surface area contributed by atoms with E-state index in [9.17, 15) is 0 Å². The van der Waals surface area contributed by atoms with Gasteiger partial charge in [0.25, 0.3) is 6.71 Å². The van der Waals surface area contributed by atoms with Crippen molar-refractivity contribution in [2.45, 2.75) is 219 Å². The molecule has 0 saturated heterocycles. The molecule has 70 heavy (non-hydrogen) atoms. The zero-order valence-corrected chi connectivity index (χ0v) is 47.2. The van der Waals surface area contributed by atoms with Gasteiger partial charge >= 0.3 is 0 Å². The fraction of sp³-hybridized carbons (Fsp3) is 0.515. The average molecular weight is 945 g/mol. The van der Waals surface area contributed by atoms with E-state index in [1.807, 2.05) is 0 Å². The molecular weight excluding hydrogens is 864 g/mol. The summed E-state index contributed by atoms with van der Waals surface area (Å²) in [5, 5.41) is 2.87. The fourth-order valence-corrected chi connectivity index (χ4v) is 16.4. The Morgan fingerprint density at radius 2 is 0.871 bits per heavy atom. The van der Waals surface area contributed by atoms with Gasteiger partial charge in [-0.2, -0.15) is 0 Å². The first-order valence-electron chi connectivity index (χ1n) is 27.3. The molecule has 6 aliphatic rings. The molecule has 364 valence electrons. The number of hydrogen-bond donors (Lipinski definition) is 0. The van der Waals surface area contributed by atoms with E-state index in [1.165, 1.54) is 150 Å². The second-order valence-electron chi connectivity index (χ2n) is 28.9. The monoisotopic (exact) mass is 945 g/mol. The van der Waals surface area contributed by atoms with Gasteiger partial charge in [0.2, 0.25) is 0 Å². The number of thiophene rings is 1. The largest absolute Gasteiger partial charge is 0.311 e. The summed E-state index contributed by atoms with van der Waals surface area (Å²) < 4.78 is 1.44. The highest BCUT2D eigenvalue weighted by Gasteiger charge is 2.51. The van der Waals surface area contributed by atoms with Crippen LogP contribution in [0.3, 0.4) is 0 Å². The maximum atomic E-state index is 2.81. The van der Waals surface area contributed by atoms with Crippen LogP contribution in [0.1, 0.15) is 218 Å². The van der Waals surface area contributed by atoms with Crippen molar-refractivity contribution >= 4 is 78.0 Å². The summed E-state index contributed by atoms with van der Waals surface area (Å²) in [4.78, 5) is 5.60. The lowest BCUT2D eigenvalue weighted by molar-refractivity contribution is 0.331. The number of nitrogens with zero attached hydrogens (tertiary/aromatic N) is 2. The van der Waals surface area contributed by atoms with Crippen molar-refractivity contribution < 1.29 is 0 Å². The molecule has 0 amide bonds. The molecule has 1 aromatic heterocycles. The van der Waals surface area contributed by atoms with E-state index >= 15 is 0 Å². The number of aryl methyl sites for hydroxylation is 2. The predicted molar refractivity (Wildman–Crippen MR) is 306 cm³/mol. The van der Waals surface area contributed by atoms with E-state index in [0.29, 0.717) is 0 Å². The first-order valence-corrected chi connectivity index (χ1v) is 28.1. The van der Waals surface area contributed by atoms with Gasteiger partial charge in [0.1, 0.15) is 0 Å². The maximum absolute atomic E-state index is 2.81. The Labute approximate surface area is 427 Å². The molecule has 0 saturated carbocycles. The zero-order valence-electron chi connectivity index (χ0n) is 46.4. The SMILES string of the molecule is Cc1cc2c3c(c1)N(c1ccc4c(c1)C(C)(C)CCC4(C)C)c1c(ccc4c1C(C)(C)CCC4(C)C)B3c1c(sc3cc4c(cc13)C(C)(C)CCC4(C)C)N2c1cc2c(cc1C)C(C)(C)CCC2(C)C. The Morgan fingerprint density at radius 3 is 1.46 bits per heavy atom. The van der Waals surface area contributed by atoms with Crippen LogP contribution < -0.4 is 26.2 Å².